The Morgan fingerprint density at radius 2 is 1.61 bits per heavy atom. The van der Waals surface area contributed by atoms with Gasteiger partial charge < -0.3 is 15.0 Å². The molecule has 0 aromatic heterocycles. The Morgan fingerprint density at radius 3 is 2.19 bits per heavy atom. The number of benzene rings is 2. The summed E-state index contributed by atoms with van der Waals surface area (Å²) in [4.78, 5) is 27.9. The molecule has 2 aromatic rings. The van der Waals surface area contributed by atoms with Crippen LogP contribution >= 0.6 is 0 Å². The molecule has 0 radical (unpaired) electrons. The molecular weight excluding hydrogens is 388 g/mol. The first-order chi connectivity index (χ1) is 14.6. The van der Waals surface area contributed by atoms with E-state index >= 15 is 0 Å². The van der Waals surface area contributed by atoms with Gasteiger partial charge in [-0.15, -0.1) is 0 Å². The van der Waals surface area contributed by atoms with Crippen LogP contribution in [0.25, 0.3) is 0 Å². The highest BCUT2D eigenvalue weighted by molar-refractivity contribution is 5.88. The van der Waals surface area contributed by atoms with Gasteiger partial charge in [-0.25, -0.2) is 0 Å². The molecule has 0 aliphatic carbocycles. The van der Waals surface area contributed by atoms with E-state index in [4.69, 9.17) is 4.74 Å². The lowest BCUT2D eigenvalue weighted by atomic mass is 10.0. The zero-order chi connectivity index (χ0) is 23.0. The van der Waals surface area contributed by atoms with Crippen LogP contribution in [0, 0.1) is 0 Å². The number of carbonyl (C=O) groups is 2. The highest BCUT2D eigenvalue weighted by atomic mass is 16.5. The summed E-state index contributed by atoms with van der Waals surface area (Å²) in [6.07, 6.45) is 0.517. The van der Waals surface area contributed by atoms with Crippen molar-refractivity contribution < 1.29 is 14.3 Å². The molecule has 0 heterocycles. The number of para-hydroxylation sites is 1. The van der Waals surface area contributed by atoms with Gasteiger partial charge in [0.05, 0.1) is 0 Å². The Hall–Kier alpha value is -2.82. The Balaban J connectivity index is 2.24. The van der Waals surface area contributed by atoms with Crippen LogP contribution in [0.1, 0.15) is 65.0 Å². The van der Waals surface area contributed by atoms with Gasteiger partial charge in [-0.05, 0) is 50.3 Å². The fourth-order valence-corrected chi connectivity index (χ4v) is 3.46. The maximum Gasteiger partial charge on any atom is 0.261 e. The maximum atomic E-state index is 13.3. The van der Waals surface area contributed by atoms with Crippen LogP contribution in [0.2, 0.25) is 0 Å². The summed E-state index contributed by atoms with van der Waals surface area (Å²) in [5.74, 6) is 0.630. The number of hydrogen-bond acceptors (Lipinski definition) is 3. The average Bonchev–Trinajstić information content (AvgIpc) is 2.71. The van der Waals surface area contributed by atoms with Crippen molar-refractivity contribution in [2.75, 3.05) is 6.61 Å². The number of amides is 2. The van der Waals surface area contributed by atoms with Crippen LogP contribution in [0.15, 0.2) is 54.6 Å². The molecule has 0 saturated heterocycles. The molecular formula is C26H36N2O3. The summed E-state index contributed by atoms with van der Waals surface area (Å²) < 4.78 is 5.93. The quantitative estimate of drug-likeness (QED) is 0.622. The molecule has 31 heavy (non-hydrogen) atoms. The molecule has 1 N–H and O–H groups in total. The number of rotatable bonds is 9. The maximum absolute atomic E-state index is 13.3. The van der Waals surface area contributed by atoms with Gasteiger partial charge >= 0.3 is 0 Å². The number of ether oxygens (including phenoxy) is 1. The Morgan fingerprint density at radius 1 is 1.00 bits per heavy atom. The molecule has 2 rings (SSSR count). The first-order valence-corrected chi connectivity index (χ1v) is 11.0. The van der Waals surface area contributed by atoms with Crippen molar-refractivity contribution in [2.24, 2.45) is 0 Å². The largest absolute Gasteiger partial charge is 0.483 e. The van der Waals surface area contributed by atoms with Crippen LogP contribution in [0.3, 0.4) is 0 Å². The Labute approximate surface area is 186 Å². The molecule has 0 aliphatic rings. The van der Waals surface area contributed by atoms with E-state index in [2.05, 4.69) is 19.2 Å². The first-order valence-electron chi connectivity index (χ1n) is 11.0. The molecule has 0 bridgehead atoms. The van der Waals surface area contributed by atoms with Gasteiger partial charge in [0, 0.05) is 12.1 Å². The third kappa shape index (κ3) is 7.42. The highest BCUT2D eigenvalue weighted by Gasteiger charge is 2.31. The van der Waals surface area contributed by atoms with Crippen LogP contribution in [0.4, 0.5) is 0 Å². The summed E-state index contributed by atoms with van der Waals surface area (Å²) in [5, 5.41) is 3.02. The Kier molecular flexibility index (Phi) is 8.66. The number of hydrogen-bond donors (Lipinski definition) is 1. The predicted octanol–water partition coefficient (Wildman–Crippen LogP) is 4.91. The van der Waals surface area contributed by atoms with Gasteiger partial charge in [0.25, 0.3) is 5.91 Å². The third-order valence-electron chi connectivity index (χ3n) is 4.97. The predicted molar refractivity (Wildman–Crippen MR) is 125 cm³/mol. The van der Waals surface area contributed by atoms with Crippen molar-refractivity contribution in [3.8, 4) is 5.75 Å². The molecule has 1 unspecified atom stereocenters. The third-order valence-corrected chi connectivity index (χ3v) is 4.97. The lowest BCUT2D eigenvalue weighted by molar-refractivity contribution is -0.143. The van der Waals surface area contributed by atoms with Crippen molar-refractivity contribution in [3.05, 3.63) is 65.7 Å². The van der Waals surface area contributed by atoms with Gasteiger partial charge in [0.15, 0.2) is 6.61 Å². The number of nitrogens with zero attached hydrogens (tertiary/aromatic N) is 1. The minimum Gasteiger partial charge on any atom is -0.483 e. The SMILES string of the molecule is CCC(C(=O)NC(C)(C)C)N(Cc1ccccc1)C(=O)COc1ccccc1C(C)C. The van der Waals surface area contributed by atoms with E-state index in [0.29, 0.717) is 18.7 Å². The Bertz CT molecular complexity index is 856. The van der Waals surface area contributed by atoms with Gasteiger partial charge in [0.2, 0.25) is 5.91 Å². The molecule has 0 aliphatic heterocycles. The normalized spacial score (nSPS) is 12.4. The molecule has 2 aromatic carbocycles. The van der Waals surface area contributed by atoms with E-state index in [0.717, 1.165) is 11.1 Å². The van der Waals surface area contributed by atoms with Crippen LogP contribution in [-0.4, -0.2) is 34.9 Å². The van der Waals surface area contributed by atoms with Crippen LogP contribution < -0.4 is 10.1 Å². The van der Waals surface area contributed by atoms with E-state index in [1.54, 1.807) is 4.90 Å². The molecule has 2 amide bonds. The van der Waals surface area contributed by atoms with Crippen molar-refractivity contribution in [1.29, 1.82) is 0 Å². The number of nitrogens with one attached hydrogen (secondary N) is 1. The van der Waals surface area contributed by atoms with Crippen molar-refractivity contribution in [2.45, 2.75) is 72.0 Å². The smallest absolute Gasteiger partial charge is 0.261 e. The molecule has 168 valence electrons. The van der Waals surface area contributed by atoms with E-state index in [1.165, 1.54) is 0 Å². The fourth-order valence-electron chi connectivity index (χ4n) is 3.46. The summed E-state index contributed by atoms with van der Waals surface area (Å²) in [6.45, 7) is 12.2. The van der Waals surface area contributed by atoms with Crippen LogP contribution in [-0.2, 0) is 16.1 Å². The van der Waals surface area contributed by atoms with Crippen molar-refractivity contribution >= 4 is 11.8 Å². The monoisotopic (exact) mass is 424 g/mol. The van der Waals surface area contributed by atoms with Gasteiger partial charge in [-0.3, -0.25) is 9.59 Å². The lowest BCUT2D eigenvalue weighted by Gasteiger charge is -2.33. The molecule has 0 spiro atoms. The summed E-state index contributed by atoms with van der Waals surface area (Å²) >= 11 is 0. The van der Waals surface area contributed by atoms with E-state index in [1.807, 2.05) is 82.3 Å². The summed E-state index contributed by atoms with van der Waals surface area (Å²) in [5.41, 5.74) is 1.65. The summed E-state index contributed by atoms with van der Waals surface area (Å²) in [7, 11) is 0. The number of carbonyl (C=O) groups excluding carboxylic acids is 2. The van der Waals surface area contributed by atoms with Crippen LogP contribution in [0.5, 0.6) is 5.75 Å². The fraction of sp³-hybridized carbons (Fsp3) is 0.462. The standard InChI is InChI=1S/C26H36N2O3/c1-7-22(25(30)27-26(4,5)6)28(17-20-13-9-8-10-14-20)24(29)18-31-23-16-12-11-15-21(23)19(2)3/h8-16,19,22H,7,17-18H2,1-6H3,(H,27,30). The highest BCUT2D eigenvalue weighted by Crippen LogP contribution is 2.26. The minimum absolute atomic E-state index is 0.115. The zero-order valence-electron chi connectivity index (χ0n) is 19.6. The molecule has 5 nitrogen and oxygen atoms in total. The first kappa shape index (κ1) is 24.4. The zero-order valence-corrected chi connectivity index (χ0v) is 19.6. The van der Waals surface area contributed by atoms with Gasteiger partial charge in [-0.1, -0.05) is 69.3 Å². The molecule has 0 fully saturated rings. The second kappa shape index (κ2) is 11.0. The molecule has 5 heteroatoms. The van der Waals surface area contributed by atoms with Gasteiger partial charge in [0.1, 0.15) is 11.8 Å². The second-order valence-electron chi connectivity index (χ2n) is 9.15. The van der Waals surface area contributed by atoms with E-state index in [-0.39, 0.29) is 29.9 Å². The van der Waals surface area contributed by atoms with E-state index in [9.17, 15) is 9.59 Å². The topological polar surface area (TPSA) is 58.6 Å². The van der Waals surface area contributed by atoms with Crippen molar-refractivity contribution in [3.63, 3.8) is 0 Å². The summed E-state index contributed by atoms with van der Waals surface area (Å²) in [6, 6.07) is 16.9. The minimum atomic E-state index is -0.573. The lowest BCUT2D eigenvalue weighted by Crippen LogP contribution is -2.54. The average molecular weight is 425 g/mol. The van der Waals surface area contributed by atoms with E-state index < -0.39 is 6.04 Å². The van der Waals surface area contributed by atoms with Gasteiger partial charge in [-0.2, -0.15) is 0 Å². The molecule has 0 saturated carbocycles. The molecule has 1 atom stereocenters. The second-order valence-corrected chi connectivity index (χ2v) is 9.15. The van der Waals surface area contributed by atoms with Crippen molar-refractivity contribution in [1.82, 2.24) is 10.2 Å².